The van der Waals surface area contributed by atoms with Gasteiger partial charge >= 0.3 is 0 Å². The second kappa shape index (κ2) is 6.51. The molecule has 0 unspecified atom stereocenters. The smallest absolute Gasteiger partial charge is 0.242 e. The van der Waals surface area contributed by atoms with Gasteiger partial charge in [-0.2, -0.15) is 0 Å². The van der Waals surface area contributed by atoms with Gasteiger partial charge in [0.05, 0.1) is 6.54 Å². The quantitative estimate of drug-likeness (QED) is 0.684. The second-order valence-corrected chi connectivity index (χ2v) is 4.30. The Bertz CT molecular complexity index is 247. The molecule has 0 aromatic rings. The molecule has 0 saturated carbocycles. The summed E-state index contributed by atoms with van der Waals surface area (Å²) in [4.78, 5) is 26.9. The first-order valence-corrected chi connectivity index (χ1v) is 6.24. The standard InChI is InChI=1S/C12H22N2O2/c1-3-7-13(8-4-2)12(16)10-14-9-5-6-11(14)15/h3-10H2,1-2H3. The summed E-state index contributed by atoms with van der Waals surface area (Å²) in [6.45, 7) is 6.76. The molecule has 92 valence electrons. The van der Waals surface area contributed by atoms with Crippen LogP contribution >= 0.6 is 0 Å². The van der Waals surface area contributed by atoms with E-state index in [1.807, 2.05) is 4.90 Å². The molecule has 4 nitrogen and oxygen atoms in total. The third-order valence-electron chi connectivity index (χ3n) is 2.84. The Morgan fingerprint density at radius 3 is 2.38 bits per heavy atom. The fourth-order valence-corrected chi connectivity index (χ4v) is 2.04. The Morgan fingerprint density at radius 2 is 1.94 bits per heavy atom. The van der Waals surface area contributed by atoms with E-state index in [1.165, 1.54) is 0 Å². The highest BCUT2D eigenvalue weighted by Crippen LogP contribution is 2.09. The Morgan fingerprint density at radius 1 is 1.31 bits per heavy atom. The van der Waals surface area contributed by atoms with Gasteiger partial charge in [0.25, 0.3) is 0 Å². The molecule has 1 rings (SSSR count). The van der Waals surface area contributed by atoms with E-state index < -0.39 is 0 Å². The summed E-state index contributed by atoms with van der Waals surface area (Å²) < 4.78 is 0. The average molecular weight is 226 g/mol. The number of carbonyl (C=O) groups is 2. The molecule has 0 bridgehead atoms. The van der Waals surface area contributed by atoms with Gasteiger partial charge in [0.1, 0.15) is 0 Å². The van der Waals surface area contributed by atoms with Crippen LogP contribution in [0.3, 0.4) is 0 Å². The van der Waals surface area contributed by atoms with Crippen LogP contribution in [-0.2, 0) is 9.59 Å². The maximum Gasteiger partial charge on any atom is 0.242 e. The van der Waals surface area contributed by atoms with Crippen molar-refractivity contribution in [2.45, 2.75) is 39.5 Å². The van der Waals surface area contributed by atoms with Gasteiger partial charge in [0, 0.05) is 26.1 Å². The van der Waals surface area contributed by atoms with Crippen LogP contribution in [0.15, 0.2) is 0 Å². The number of nitrogens with zero attached hydrogens (tertiary/aromatic N) is 2. The van der Waals surface area contributed by atoms with Crippen molar-refractivity contribution >= 4 is 11.8 Å². The van der Waals surface area contributed by atoms with Crippen LogP contribution in [-0.4, -0.2) is 47.8 Å². The first-order valence-electron chi connectivity index (χ1n) is 6.24. The fourth-order valence-electron chi connectivity index (χ4n) is 2.04. The molecule has 2 amide bonds. The Balaban J connectivity index is 2.44. The van der Waals surface area contributed by atoms with Crippen molar-refractivity contribution in [2.75, 3.05) is 26.2 Å². The normalized spacial score (nSPS) is 15.6. The molecule has 0 spiro atoms. The SMILES string of the molecule is CCCN(CCC)C(=O)CN1CCCC1=O. The minimum Gasteiger partial charge on any atom is -0.341 e. The van der Waals surface area contributed by atoms with Crippen molar-refractivity contribution in [3.05, 3.63) is 0 Å². The molecule has 16 heavy (non-hydrogen) atoms. The van der Waals surface area contributed by atoms with E-state index >= 15 is 0 Å². The van der Waals surface area contributed by atoms with Crippen LogP contribution in [0.2, 0.25) is 0 Å². The van der Waals surface area contributed by atoms with Gasteiger partial charge in [-0.1, -0.05) is 13.8 Å². The van der Waals surface area contributed by atoms with E-state index in [-0.39, 0.29) is 18.4 Å². The van der Waals surface area contributed by atoms with Crippen LogP contribution < -0.4 is 0 Å². The zero-order valence-corrected chi connectivity index (χ0v) is 10.4. The van der Waals surface area contributed by atoms with Crippen LogP contribution in [0, 0.1) is 0 Å². The minimum atomic E-state index is 0.0963. The monoisotopic (exact) mass is 226 g/mol. The first-order chi connectivity index (χ1) is 7.69. The molecule has 1 heterocycles. The molecule has 0 atom stereocenters. The number of hydrogen-bond donors (Lipinski definition) is 0. The van der Waals surface area contributed by atoms with E-state index in [0.29, 0.717) is 6.42 Å². The molecule has 1 saturated heterocycles. The van der Waals surface area contributed by atoms with Crippen molar-refractivity contribution in [1.29, 1.82) is 0 Å². The lowest BCUT2D eigenvalue weighted by molar-refractivity contribution is -0.138. The Kier molecular flexibility index (Phi) is 5.29. The molecule has 1 aliphatic rings. The van der Waals surface area contributed by atoms with Crippen molar-refractivity contribution in [2.24, 2.45) is 0 Å². The molecule has 0 N–H and O–H groups in total. The van der Waals surface area contributed by atoms with Gasteiger partial charge in [0.2, 0.25) is 11.8 Å². The van der Waals surface area contributed by atoms with Crippen LogP contribution in [0.1, 0.15) is 39.5 Å². The van der Waals surface area contributed by atoms with Gasteiger partial charge in [-0.3, -0.25) is 9.59 Å². The Hall–Kier alpha value is -1.06. The molecular weight excluding hydrogens is 204 g/mol. The minimum absolute atomic E-state index is 0.0963. The lowest BCUT2D eigenvalue weighted by Gasteiger charge is -2.24. The summed E-state index contributed by atoms with van der Waals surface area (Å²) in [6, 6.07) is 0. The zero-order chi connectivity index (χ0) is 12.0. The summed E-state index contributed by atoms with van der Waals surface area (Å²) in [6.07, 6.45) is 3.45. The molecular formula is C12H22N2O2. The number of carbonyl (C=O) groups excluding carboxylic acids is 2. The number of likely N-dealkylation sites (tertiary alicyclic amines) is 1. The topological polar surface area (TPSA) is 40.6 Å². The van der Waals surface area contributed by atoms with Gasteiger partial charge in [-0.05, 0) is 19.3 Å². The Labute approximate surface area is 97.6 Å². The van der Waals surface area contributed by atoms with E-state index in [0.717, 1.165) is 38.9 Å². The van der Waals surface area contributed by atoms with Crippen LogP contribution in [0.5, 0.6) is 0 Å². The summed E-state index contributed by atoms with van der Waals surface area (Å²) in [5, 5.41) is 0. The molecule has 4 heteroatoms. The molecule has 1 fully saturated rings. The van der Waals surface area contributed by atoms with Crippen LogP contribution in [0.4, 0.5) is 0 Å². The van der Waals surface area contributed by atoms with Crippen molar-refractivity contribution in [1.82, 2.24) is 9.80 Å². The molecule has 0 radical (unpaired) electrons. The van der Waals surface area contributed by atoms with Crippen molar-refractivity contribution in [3.8, 4) is 0 Å². The van der Waals surface area contributed by atoms with Crippen molar-refractivity contribution < 1.29 is 9.59 Å². The van der Waals surface area contributed by atoms with Crippen LogP contribution in [0.25, 0.3) is 0 Å². The maximum absolute atomic E-state index is 12.0. The summed E-state index contributed by atoms with van der Waals surface area (Å²) in [7, 11) is 0. The fraction of sp³-hybridized carbons (Fsp3) is 0.833. The number of hydrogen-bond acceptors (Lipinski definition) is 2. The number of rotatable bonds is 6. The first kappa shape index (κ1) is 13.0. The molecule has 0 aromatic heterocycles. The molecule has 1 aliphatic heterocycles. The predicted molar refractivity (Wildman–Crippen MR) is 63.0 cm³/mol. The summed E-state index contributed by atoms with van der Waals surface area (Å²) in [5.41, 5.74) is 0. The van der Waals surface area contributed by atoms with Gasteiger partial charge in [-0.15, -0.1) is 0 Å². The lowest BCUT2D eigenvalue weighted by atomic mass is 10.3. The van der Waals surface area contributed by atoms with E-state index in [2.05, 4.69) is 13.8 Å². The average Bonchev–Trinajstić information content (AvgIpc) is 2.64. The zero-order valence-electron chi connectivity index (χ0n) is 10.4. The van der Waals surface area contributed by atoms with E-state index in [4.69, 9.17) is 0 Å². The second-order valence-electron chi connectivity index (χ2n) is 4.30. The van der Waals surface area contributed by atoms with E-state index in [9.17, 15) is 9.59 Å². The van der Waals surface area contributed by atoms with Crippen molar-refractivity contribution in [3.63, 3.8) is 0 Å². The highest BCUT2D eigenvalue weighted by atomic mass is 16.2. The summed E-state index contributed by atoms with van der Waals surface area (Å²) in [5.74, 6) is 0.222. The predicted octanol–water partition coefficient (Wildman–Crippen LogP) is 1.26. The van der Waals surface area contributed by atoms with Gasteiger partial charge in [-0.25, -0.2) is 0 Å². The number of amides is 2. The molecule has 0 aromatic carbocycles. The third-order valence-corrected chi connectivity index (χ3v) is 2.84. The van der Waals surface area contributed by atoms with E-state index in [1.54, 1.807) is 4.90 Å². The highest BCUT2D eigenvalue weighted by molar-refractivity contribution is 5.85. The third kappa shape index (κ3) is 3.51. The lowest BCUT2D eigenvalue weighted by Crippen LogP contribution is -2.41. The van der Waals surface area contributed by atoms with Gasteiger partial charge < -0.3 is 9.80 Å². The highest BCUT2D eigenvalue weighted by Gasteiger charge is 2.24. The largest absolute Gasteiger partial charge is 0.341 e. The van der Waals surface area contributed by atoms with Gasteiger partial charge in [0.15, 0.2) is 0 Å². The molecule has 0 aliphatic carbocycles. The maximum atomic E-state index is 12.0. The summed E-state index contributed by atoms with van der Waals surface area (Å²) >= 11 is 0.